The van der Waals surface area contributed by atoms with Gasteiger partial charge in [0.1, 0.15) is 5.76 Å². The minimum Gasteiger partial charge on any atom is -0.454 e. The van der Waals surface area contributed by atoms with Crippen molar-refractivity contribution in [3.63, 3.8) is 0 Å². The number of ketones is 1. The fraction of sp³-hybridized carbons (Fsp3) is 0.200. The molecule has 0 N–H and O–H groups in total. The van der Waals surface area contributed by atoms with Crippen molar-refractivity contribution in [2.75, 3.05) is 13.3 Å². The summed E-state index contributed by atoms with van der Waals surface area (Å²) < 4.78 is 28.9. The van der Waals surface area contributed by atoms with Crippen molar-refractivity contribution in [3.05, 3.63) is 71.2 Å². The summed E-state index contributed by atoms with van der Waals surface area (Å²) in [7, 11) is -1.76. The van der Waals surface area contributed by atoms with Crippen LogP contribution in [0.1, 0.15) is 19.4 Å². The maximum atomic E-state index is 12.1. The number of hydrogen-bond acceptors (Lipinski definition) is 5. The maximum Gasteiger partial charge on any atom is 0.195 e. The molecule has 0 bridgehead atoms. The van der Waals surface area contributed by atoms with E-state index in [0.717, 1.165) is 6.26 Å². The molecule has 0 aliphatic heterocycles. The first kappa shape index (κ1) is 22.6. The third kappa shape index (κ3) is 7.00. The summed E-state index contributed by atoms with van der Waals surface area (Å²) in [5, 5.41) is 0.500. The number of nitrogens with zero attached hydrogens (tertiary/aromatic N) is 1. The van der Waals surface area contributed by atoms with Crippen LogP contribution in [0.15, 0.2) is 75.5 Å². The third-order valence-corrected chi connectivity index (χ3v) is 4.83. The smallest absolute Gasteiger partial charge is 0.195 e. The van der Waals surface area contributed by atoms with Gasteiger partial charge in [-0.2, -0.15) is 0 Å². The van der Waals surface area contributed by atoms with Gasteiger partial charge >= 0.3 is 0 Å². The molecule has 5 nitrogen and oxygen atoms in total. The van der Waals surface area contributed by atoms with Crippen LogP contribution in [0.25, 0.3) is 5.57 Å². The standard InChI is InChI=1S/C20H22ClNO4S/c1-6-17(21)10-7-14(2)26-20(15(3)23)19(13-22-4)16-8-11-18(12-9-16)27(5,24)25/h6-13H,2H2,1,3-5H3/b10-7-,17-6+,20-19-,22-13?. The molecule has 0 radical (unpaired) electrons. The zero-order chi connectivity index (χ0) is 20.6. The monoisotopic (exact) mass is 407 g/mol. The second kappa shape index (κ2) is 10.0. The number of sulfone groups is 1. The van der Waals surface area contributed by atoms with Gasteiger partial charge in [-0.25, -0.2) is 8.42 Å². The Morgan fingerprint density at radius 1 is 1.22 bits per heavy atom. The van der Waals surface area contributed by atoms with E-state index in [-0.39, 0.29) is 22.2 Å². The number of benzene rings is 1. The van der Waals surface area contributed by atoms with Gasteiger partial charge in [0, 0.05) is 37.0 Å². The minimum absolute atomic E-state index is 0.0407. The molecule has 1 aromatic carbocycles. The van der Waals surface area contributed by atoms with Crippen LogP contribution in [0.5, 0.6) is 0 Å². The highest BCUT2D eigenvalue weighted by Gasteiger charge is 2.16. The highest BCUT2D eigenvalue weighted by atomic mass is 35.5. The topological polar surface area (TPSA) is 72.8 Å². The number of carbonyl (C=O) groups is 1. The number of aliphatic imine (C=N–C) groups is 1. The zero-order valence-corrected chi connectivity index (χ0v) is 17.3. The fourth-order valence-corrected chi connectivity index (χ4v) is 2.72. The van der Waals surface area contributed by atoms with Crippen LogP contribution in [-0.4, -0.2) is 33.7 Å². The molecule has 1 rings (SSSR count). The van der Waals surface area contributed by atoms with Gasteiger partial charge in [-0.3, -0.25) is 9.79 Å². The maximum absolute atomic E-state index is 12.1. The second-order valence-corrected chi connectivity index (χ2v) is 8.01. The summed E-state index contributed by atoms with van der Waals surface area (Å²) in [6, 6.07) is 6.11. The average molecular weight is 408 g/mol. The van der Waals surface area contributed by atoms with E-state index in [1.165, 1.54) is 25.3 Å². The van der Waals surface area contributed by atoms with Gasteiger partial charge in [0.2, 0.25) is 0 Å². The van der Waals surface area contributed by atoms with E-state index in [2.05, 4.69) is 11.6 Å². The van der Waals surface area contributed by atoms with E-state index in [4.69, 9.17) is 16.3 Å². The van der Waals surface area contributed by atoms with Crippen LogP contribution in [0.4, 0.5) is 0 Å². The Morgan fingerprint density at radius 2 is 1.81 bits per heavy atom. The Balaban J connectivity index is 3.38. The Morgan fingerprint density at radius 3 is 2.26 bits per heavy atom. The van der Waals surface area contributed by atoms with Crippen LogP contribution in [0.2, 0.25) is 0 Å². The van der Waals surface area contributed by atoms with E-state index in [1.54, 1.807) is 44.3 Å². The summed E-state index contributed by atoms with van der Waals surface area (Å²) in [6.45, 7) is 6.91. The summed E-state index contributed by atoms with van der Waals surface area (Å²) in [4.78, 5) is 16.3. The molecule has 7 heteroatoms. The van der Waals surface area contributed by atoms with Gasteiger partial charge < -0.3 is 4.74 Å². The number of halogens is 1. The molecule has 27 heavy (non-hydrogen) atoms. The Hall–Kier alpha value is -2.44. The molecular weight excluding hydrogens is 386 g/mol. The van der Waals surface area contributed by atoms with E-state index in [1.807, 2.05) is 0 Å². The summed E-state index contributed by atoms with van der Waals surface area (Å²) in [5.74, 6) is -0.0716. The van der Waals surface area contributed by atoms with Gasteiger partial charge in [0.05, 0.1) is 4.90 Å². The lowest BCUT2D eigenvalue weighted by atomic mass is 10.0. The predicted molar refractivity (Wildman–Crippen MR) is 111 cm³/mol. The number of rotatable bonds is 8. The average Bonchev–Trinajstić information content (AvgIpc) is 2.61. The number of hydrogen-bond donors (Lipinski definition) is 0. The molecular formula is C20H22ClNO4S. The van der Waals surface area contributed by atoms with Crippen molar-refractivity contribution in [1.29, 1.82) is 0 Å². The van der Waals surface area contributed by atoms with Crippen LogP contribution < -0.4 is 0 Å². The van der Waals surface area contributed by atoms with E-state index >= 15 is 0 Å². The lowest BCUT2D eigenvalue weighted by Gasteiger charge is -2.12. The largest absolute Gasteiger partial charge is 0.454 e. The van der Waals surface area contributed by atoms with Gasteiger partial charge in [-0.15, -0.1) is 0 Å². The van der Waals surface area contributed by atoms with Crippen molar-refractivity contribution in [1.82, 2.24) is 0 Å². The van der Waals surface area contributed by atoms with Crippen molar-refractivity contribution < 1.29 is 17.9 Å². The Kier molecular flexibility index (Phi) is 8.40. The molecule has 0 amide bonds. The quantitative estimate of drug-likeness (QED) is 0.278. The van der Waals surface area contributed by atoms with Crippen LogP contribution in [-0.2, 0) is 19.4 Å². The molecule has 0 saturated heterocycles. The van der Waals surface area contributed by atoms with E-state index in [0.29, 0.717) is 16.2 Å². The molecule has 0 aliphatic rings. The van der Waals surface area contributed by atoms with E-state index in [9.17, 15) is 13.2 Å². The zero-order valence-electron chi connectivity index (χ0n) is 15.7. The van der Waals surface area contributed by atoms with Gasteiger partial charge in [0.25, 0.3) is 0 Å². The Bertz CT molecular complexity index is 937. The van der Waals surface area contributed by atoms with Crippen molar-refractivity contribution in [3.8, 4) is 0 Å². The molecule has 144 valence electrons. The molecule has 0 saturated carbocycles. The highest BCUT2D eigenvalue weighted by molar-refractivity contribution is 7.90. The number of ether oxygens (including phenoxy) is 1. The second-order valence-electron chi connectivity index (χ2n) is 5.56. The first-order valence-corrected chi connectivity index (χ1v) is 10.2. The summed E-state index contributed by atoms with van der Waals surface area (Å²) in [5.41, 5.74) is 0.998. The molecule has 0 aromatic heterocycles. The molecule has 0 fully saturated rings. The lowest BCUT2D eigenvalue weighted by molar-refractivity contribution is -0.116. The van der Waals surface area contributed by atoms with Crippen molar-refractivity contribution >= 4 is 39.0 Å². The van der Waals surface area contributed by atoms with E-state index < -0.39 is 9.84 Å². The van der Waals surface area contributed by atoms with Crippen molar-refractivity contribution in [2.24, 2.45) is 4.99 Å². The molecule has 0 spiro atoms. The first-order chi connectivity index (χ1) is 12.6. The SMILES string of the molecule is C=C(/C=C\C(Cl)=C/C)O/C(C(C)=O)=C(/C=NC)c1ccc(S(C)(=O)=O)cc1. The summed E-state index contributed by atoms with van der Waals surface area (Å²) in [6.07, 6.45) is 7.44. The van der Waals surface area contributed by atoms with Gasteiger partial charge in [0.15, 0.2) is 21.4 Å². The number of carbonyl (C=O) groups excluding carboxylic acids is 1. The third-order valence-electron chi connectivity index (χ3n) is 3.35. The molecule has 1 aromatic rings. The lowest BCUT2D eigenvalue weighted by Crippen LogP contribution is -2.07. The van der Waals surface area contributed by atoms with Crippen LogP contribution in [0.3, 0.4) is 0 Å². The van der Waals surface area contributed by atoms with Gasteiger partial charge in [-0.1, -0.05) is 36.4 Å². The normalized spacial score (nSPS) is 13.7. The first-order valence-electron chi connectivity index (χ1n) is 7.94. The molecule has 0 atom stereocenters. The predicted octanol–water partition coefficient (Wildman–Crippen LogP) is 4.32. The molecule has 0 unspecified atom stereocenters. The van der Waals surface area contributed by atoms with Gasteiger partial charge in [-0.05, 0) is 36.8 Å². The molecule has 0 heterocycles. The Labute approximate surface area is 165 Å². The summed E-state index contributed by atoms with van der Waals surface area (Å²) >= 11 is 5.90. The fourth-order valence-electron chi connectivity index (χ4n) is 2.03. The van der Waals surface area contributed by atoms with Crippen LogP contribution in [0, 0.1) is 0 Å². The highest BCUT2D eigenvalue weighted by Crippen LogP contribution is 2.23. The van der Waals surface area contributed by atoms with Crippen LogP contribution >= 0.6 is 11.6 Å². The number of Topliss-reactive ketones (excluding diaryl/α,β-unsaturated/α-hetero) is 1. The van der Waals surface area contributed by atoms with Crippen molar-refractivity contribution in [2.45, 2.75) is 18.7 Å². The minimum atomic E-state index is -3.32. The number of allylic oxidation sites excluding steroid dienone is 6. The molecule has 0 aliphatic carbocycles.